The summed E-state index contributed by atoms with van der Waals surface area (Å²) in [6.45, 7) is 0.681. The summed E-state index contributed by atoms with van der Waals surface area (Å²) in [6.07, 6.45) is 1.70. The van der Waals surface area contributed by atoms with Crippen LogP contribution in [0.5, 0.6) is 5.75 Å². The maximum atomic E-state index is 12.5. The molecule has 118 valence electrons. The van der Waals surface area contributed by atoms with E-state index in [-0.39, 0.29) is 5.56 Å². The van der Waals surface area contributed by atoms with E-state index in [4.69, 9.17) is 10.00 Å². The first-order valence-corrected chi connectivity index (χ1v) is 7.62. The minimum absolute atomic E-state index is 0.207. The van der Waals surface area contributed by atoms with E-state index >= 15 is 0 Å². The van der Waals surface area contributed by atoms with Crippen molar-refractivity contribution in [3.63, 3.8) is 0 Å². The third kappa shape index (κ3) is 3.53. The first-order valence-electron chi connectivity index (χ1n) is 7.62. The molecule has 0 atom stereocenters. The highest BCUT2D eigenvalue weighted by Crippen LogP contribution is 2.11. The Balaban J connectivity index is 1.81. The highest BCUT2D eigenvalue weighted by Gasteiger charge is 2.07. The van der Waals surface area contributed by atoms with E-state index in [2.05, 4.69) is 6.07 Å². The normalized spacial score (nSPS) is 10.1. The van der Waals surface area contributed by atoms with E-state index in [9.17, 15) is 4.79 Å². The molecule has 0 aliphatic carbocycles. The number of hydrogen-bond acceptors (Lipinski definition) is 3. The lowest BCUT2D eigenvalue weighted by atomic mass is 10.1. The predicted molar refractivity (Wildman–Crippen MR) is 91.7 cm³/mol. The van der Waals surface area contributed by atoms with E-state index < -0.39 is 0 Å². The van der Waals surface area contributed by atoms with Gasteiger partial charge in [-0.05, 0) is 29.3 Å². The Morgan fingerprint density at radius 3 is 2.50 bits per heavy atom. The third-order valence-corrected chi connectivity index (χ3v) is 3.70. The van der Waals surface area contributed by atoms with Crippen LogP contribution in [0.2, 0.25) is 0 Å². The topological polar surface area (TPSA) is 55.0 Å². The summed E-state index contributed by atoms with van der Waals surface area (Å²) in [4.78, 5) is 12.5. The summed E-state index contributed by atoms with van der Waals surface area (Å²) in [5.41, 5.74) is 2.17. The molecule has 3 rings (SSSR count). The Labute approximate surface area is 140 Å². The summed E-state index contributed by atoms with van der Waals surface area (Å²) in [6, 6.07) is 22.5. The first kappa shape index (κ1) is 15.6. The number of ether oxygens (including phenoxy) is 1. The molecule has 0 bridgehead atoms. The lowest BCUT2D eigenvalue weighted by molar-refractivity contribution is 0.299. The van der Waals surface area contributed by atoms with Gasteiger partial charge in [0.25, 0.3) is 5.56 Å². The van der Waals surface area contributed by atoms with Gasteiger partial charge in [0.1, 0.15) is 6.61 Å². The summed E-state index contributed by atoms with van der Waals surface area (Å²) in [5.74, 6) is 0.302. The van der Waals surface area contributed by atoms with Gasteiger partial charge < -0.3 is 9.30 Å². The van der Waals surface area contributed by atoms with E-state index in [0.29, 0.717) is 24.5 Å². The number of nitrogens with zero attached hydrogens (tertiary/aromatic N) is 2. The summed E-state index contributed by atoms with van der Waals surface area (Å²) < 4.78 is 7.21. The van der Waals surface area contributed by atoms with Gasteiger partial charge in [-0.2, -0.15) is 5.26 Å². The second kappa shape index (κ2) is 7.30. The fourth-order valence-corrected chi connectivity index (χ4v) is 2.44. The highest BCUT2D eigenvalue weighted by atomic mass is 16.5. The number of benzene rings is 2. The Bertz CT molecular complexity index is 924. The molecule has 0 saturated heterocycles. The molecule has 0 fully saturated rings. The molecular weight excluding hydrogens is 300 g/mol. The molecule has 24 heavy (non-hydrogen) atoms. The van der Waals surface area contributed by atoms with Gasteiger partial charge in [-0.1, -0.05) is 48.5 Å². The number of aromatic nitrogens is 1. The molecule has 0 spiro atoms. The van der Waals surface area contributed by atoms with Crippen molar-refractivity contribution in [1.82, 2.24) is 4.57 Å². The Kier molecular flexibility index (Phi) is 4.73. The number of nitriles is 1. The fourth-order valence-electron chi connectivity index (χ4n) is 2.44. The van der Waals surface area contributed by atoms with E-state index in [1.165, 1.54) is 0 Å². The van der Waals surface area contributed by atoms with Gasteiger partial charge in [0.15, 0.2) is 5.75 Å². The molecule has 3 aromatic rings. The van der Waals surface area contributed by atoms with Crippen LogP contribution in [0.3, 0.4) is 0 Å². The van der Waals surface area contributed by atoms with Gasteiger partial charge in [0, 0.05) is 6.20 Å². The molecule has 0 unspecified atom stereocenters. The van der Waals surface area contributed by atoms with Crippen LogP contribution in [0, 0.1) is 11.3 Å². The average Bonchev–Trinajstić information content (AvgIpc) is 2.64. The molecule has 0 aliphatic heterocycles. The second-order valence-electron chi connectivity index (χ2n) is 5.35. The van der Waals surface area contributed by atoms with Crippen LogP contribution in [0.1, 0.15) is 16.7 Å². The quantitative estimate of drug-likeness (QED) is 0.725. The molecule has 0 aliphatic rings. The minimum atomic E-state index is -0.207. The Hall–Kier alpha value is -3.32. The van der Waals surface area contributed by atoms with Gasteiger partial charge in [-0.25, -0.2) is 0 Å². The van der Waals surface area contributed by atoms with E-state index in [0.717, 1.165) is 11.1 Å². The number of rotatable bonds is 5. The average molecular weight is 316 g/mol. The van der Waals surface area contributed by atoms with Gasteiger partial charge in [-0.15, -0.1) is 0 Å². The largest absolute Gasteiger partial charge is 0.483 e. The van der Waals surface area contributed by atoms with Crippen molar-refractivity contribution in [2.24, 2.45) is 0 Å². The number of hydrogen-bond donors (Lipinski definition) is 0. The van der Waals surface area contributed by atoms with Crippen LogP contribution < -0.4 is 10.3 Å². The summed E-state index contributed by atoms with van der Waals surface area (Å²) in [5, 5.41) is 9.17. The maximum Gasteiger partial charge on any atom is 0.293 e. The standard InChI is InChI=1S/C20H16N2O2/c21-13-17-9-4-5-10-18(17)14-22-12-6-11-19(20(22)23)24-15-16-7-2-1-3-8-16/h1-12H,14-15H2. The molecule has 1 heterocycles. The van der Waals surface area contributed by atoms with Gasteiger partial charge >= 0.3 is 0 Å². The SMILES string of the molecule is N#Cc1ccccc1Cn1cccc(OCc2ccccc2)c1=O. The molecule has 0 radical (unpaired) electrons. The first-order chi connectivity index (χ1) is 11.8. The van der Waals surface area contributed by atoms with Crippen molar-refractivity contribution in [1.29, 1.82) is 5.26 Å². The minimum Gasteiger partial charge on any atom is -0.483 e. The zero-order valence-corrected chi connectivity index (χ0v) is 13.1. The molecule has 4 heteroatoms. The van der Waals surface area contributed by atoms with Gasteiger partial charge in [0.05, 0.1) is 18.2 Å². The lowest BCUT2D eigenvalue weighted by Crippen LogP contribution is -2.22. The van der Waals surface area contributed by atoms with E-state index in [1.807, 2.05) is 48.5 Å². The molecule has 4 nitrogen and oxygen atoms in total. The summed E-state index contributed by atoms with van der Waals surface area (Å²) >= 11 is 0. The molecule has 0 N–H and O–H groups in total. The molecular formula is C20H16N2O2. The van der Waals surface area contributed by atoms with Crippen molar-refractivity contribution in [3.05, 3.63) is 100.0 Å². The monoisotopic (exact) mass is 316 g/mol. The highest BCUT2D eigenvalue weighted by molar-refractivity contribution is 5.37. The van der Waals surface area contributed by atoms with E-state index in [1.54, 1.807) is 29.0 Å². The molecule has 0 saturated carbocycles. The number of pyridine rings is 1. The van der Waals surface area contributed by atoms with Crippen LogP contribution in [0.25, 0.3) is 0 Å². The van der Waals surface area contributed by atoms with Crippen molar-refractivity contribution in [2.75, 3.05) is 0 Å². The van der Waals surface area contributed by atoms with Crippen LogP contribution in [-0.2, 0) is 13.2 Å². The maximum absolute atomic E-state index is 12.5. The second-order valence-corrected chi connectivity index (χ2v) is 5.35. The van der Waals surface area contributed by atoms with Crippen LogP contribution >= 0.6 is 0 Å². The Morgan fingerprint density at radius 2 is 1.71 bits per heavy atom. The van der Waals surface area contributed by atoms with Crippen LogP contribution in [-0.4, -0.2) is 4.57 Å². The summed E-state index contributed by atoms with van der Waals surface area (Å²) in [7, 11) is 0. The Morgan fingerprint density at radius 1 is 0.958 bits per heavy atom. The predicted octanol–water partition coefficient (Wildman–Crippen LogP) is 3.35. The van der Waals surface area contributed by atoms with Crippen LogP contribution in [0.15, 0.2) is 77.7 Å². The molecule has 0 amide bonds. The zero-order valence-electron chi connectivity index (χ0n) is 13.1. The molecule has 1 aromatic heterocycles. The van der Waals surface area contributed by atoms with Crippen molar-refractivity contribution in [2.45, 2.75) is 13.2 Å². The fraction of sp³-hybridized carbons (Fsp3) is 0.100. The van der Waals surface area contributed by atoms with Crippen LogP contribution in [0.4, 0.5) is 0 Å². The smallest absolute Gasteiger partial charge is 0.293 e. The van der Waals surface area contributed by atoms with Crippen molar-refractivity contribution < 1.29 is 4.74 Å². The lowest BCUT2D eigenvalue weighted by Gasteiger charge is -2.10. The zero-order chi connectivity index (χ0) is 16.8. The third-order valence-electron chi connectivity index (χ3n) is 3.70. The molecule has 2 aromatic carbocycles. The van der Waals surface area contributed by atoms with Crippen molar-refractivity contribution >= 4 is 0 Å². The van der Waals surface area contributed by atoms with Gasteiger partial charge in [0.2, 0.25) is 0 Å². The van der Waals surface area contributed by atoms with Gasteiger partial charge in [-0.3, -0.25) is 4.79 Å². The van der Waals surface area contributed by atoms with Crippen molar-refractivity contribution in [3.8, 4) is 11.8 Å².